The number of guanidine groups is 1. The van der Waals surface area contributed by atoms with E-state index in [-0.39, 0.29) is 22.5 Å². The van der Waals surface area contributed by atoms with Crippen molar-refractivity contribution >= 4 is 17.0 Å². The number of aromatic amines is 1. The Morgan fingerprint density at radius 3 is 2.31 bits per heavy atom. The molecule has 2 aromatic carbocycles. The van der Waals surface area contributed by atoms with Crippen molar-refractivity contribution in [2.75, 3.05) is 19.6 Å². The fourth-order valence-corrected chi connectivity index (χ4v) is 5.21. The van der Waals surface area contributed by atoms with E-state index in [4.69, 9.17) is 17.2 Å². The van der Waals surface area contributed by atoms with Crippen LogP contribution in [-0.4, -0.2) is 55.1 Å². The van der Waals surface area contributed by atoms with Crippen LogP contribution < -0.4 is 28.2 Å². The summed E-state index contributed by atoms with van der Waals surface area (Å²) in [5.41, 5.74) is 23.3. The molecule has 3 aromatic heterocycles. The third-order valence-corrected chi connectivity index (χ3v) is 8.12. The van der Waals surface area contributed by atoms with E-state index in [1.807, 2.05) is 41.3 Å². The first-order valence-corrected chi connectivity index (χ1v) is 16.9. The normalized spacial score (nSPS) is 11.7. The SMILES string of the molecule is CC(C)(C)c1cc(CCCCN)cc(-n2ccnn2)c1.CC(C)(C)c1cc2cn(-c3ccc(CNCCCN=C(N)N)cc3)c(=O)nc2[nH]1. The molecule has 0 aliphatic rings. The zero-order chi connectivity index (χ0) is 35.6. The van der Waals surface area contributed by atoms with Gasteiger partial charge in [0.05, 0.1) is 23.8 Å². The number of hydrogen-bond donors (Lipinski definition) is 5. The maximum Gasteiger partial charge on any atom is 0.354 e. The lowest BCUT2D eigenvalue weighted by atomic mass is 9.85. The van der Waals surface area contributed by atoms with Gasteiger partial charge in [0.2, 0.25) is 0 Å². The molecular formula is C37H53N11O. The van der Waals surface area contributed by atoms with Crippen LogP contribution in [0.1, 0.15) is 83.2 Å². The molecule has 0 spiro atoms. The topological polar surface area (TPSA) is 184 Å². The maximum atomic E-state index is 12.5. The third kappa shape index (κ3) is 10.8. The zero-order valence-corrected chi connectivity index (χ0v) is 29.8. The monoisotopic (exact) mass is 667 g/mol. The first kappa shape index (κ1) is 37.0. The van der Waals surface area contributed by atoms with Crippen molar-refractivity contribution in [3.63, 3.8) is 0 Å². The van der Waals surface area contributed by atoms with Gasteiger partial charge in [-0.1, -0.05) is 65.0 Å². The number of rotatable bonds is 12. The fraction of sp³-hybridized carbons (Fsp3) is 0.432. The summed E-state index contributed by atoms with van der Waals surface area (Å²) in [6.07, 6.45) is 9.54. The van der Waals surface area contributed by atoms with Gasteiger partial charge in [0, 0.05) is 35.8 Å². The fourth-order valence-electron chi connectivity index (χ4n) is 5.21. The van der Waals surface area contributed by atoms with Gasteiger partial charge >= 0.3 is 5.69 Å². The van der Waals surface area contributed by atoms with Gasteiger partial charge in [-0.3, -0.25) is 9.56 Å². The second-order valence-electron chi connectivity index (χ2n) is 14.4. The van der Waals surface area contributed by atoms with Crippen LogP contribution in [0.25, 0.3) is 22.4 Å². The van der Waals surface area contributed by atoms with Gasteiger partial charge in [0.1, 0.15) is 5.65 Å². The average Bonchev–Trinajstić information content (AvgIpc) is 3.73. The number of aromatic nitrogens is 6. The van der Waals surface area contributed by atoms with Gasteiger partial charge in [-0.05, 0) is 91.2 Å². The number of aliphatic imine (C=N–C) groups is 1. The summed E-state index contributed by atoms with van der Waals surface area (Å²) in [5.74, 6) is 0.123. The van der Waals surface area contributed by atoms with Crippen molar-refractivity contribution in [1.82, 2.24) is 34.8 Å². The number of fused-ring (bicyclic) bond motifs is 1. The van der Waals surface area contributed by atoms with Crippen LogP contribution in [-0.2, 0) is 23.8 Å². The molecule has 5 aromatic rings. The molecule has 0 amide bonds. The van der Waals surface area contributed by atoms with Crippen molar-refractivity contribution in [3.05, 3.63) is 100.0 Å². The lowest BCUT2D eigenvalue weighted by Crippen LogP contribution is -2.23. The molecule has 12 nitrogen and oxygen atoms in total. The highest BCUT2D eigenvalue weighted by Gasteiger charge is 2.18. The summed E-state index contributed by atoms with van der Waals surface area (Å²) < 4.78 is 3.40. The summed E-state index contributed by atoms with van der Waals surface area (Å²) in [5, 5.41) is 12.3. The van der Waals surface area contributed by atoms with Gasteiger partial charge in [0.25, 0.3) is 0 Å². The zero-order valence-electron chi connectivity index (χ0n) is 29.8. The molecule has 0 radical (unpaired) electrons. The Bertz CT molecular complexity index is 1850. The summed E-state index contributed by atoms with van der Waals surface area (Å²) in [6, 6.07) is 16.6. The predicted molar refractivity (Wildman–Crippen MR) is 199 cm³/mol. The lowest BCUT2D eigenvalue weighted by molar-refractivity contribution is 0.574. The molecule has 0 bridgehead atoms. The molecule has 262 valence electrons. The summed E-state index contributed by atoms with van der Waals surface area (Å²) in [4.78, 5) is 23.9. The number of unbranched alkanes of at least 4 members (excludes halogenated alkanes) is 1. The molecular weight excluding hydrogens is 614 g/mol. The van der Waals surface area contributed by atoms with Crippen molar-refractivity contribution < 1.29 is 0 Å². The minimum Gasteiger partial charge on any atom is -0.370 e. The van der Waals surface area contributed by atoms with Crippen LogP contribution in [0.15, 0.2) is 76.9 Å². The van der Waals surface area contributed by atoms with Gasteiger partial charge in [-0.25, -0.2) is 9.48 Å². The highest BCUT2D eigenvalue weighted by Crippen LogP contribution is 2.27. The van der Waals surface area contributed by atoms with Crippen molar-refractivity contribution in [2.24, 2.45) is 22.2 Å². The highest BCUT2D eigenvalue weighted by molar-refractivity contribution is 5.76. The Kier molecular flexibility index (Phi) is 12.5. The van der Waals surface area contributed by atoms with Gasteiger partial charge in [0.15, 0.2) is 5.96 Å². The molecule has 0 saturated carbocycles. The minimum absolute atomic E-state index is 0.0352. The van der Waals surface area contributed by atoms with E-state index in [1.165, 1.54) is 11.1 Å². The van der Waals surface area contributed by atoms with E-state index in [0.29, 0.717) is 12.2 Å². The van der Waals surface area contributed by atoms with Crippen molar-refractivity contribution in [1.29, 1.82) is 0 Å². The number of benzene rings is 2. The summed E-state index contributed by atoms with van der Waals surface area (Å²) in [6.45, 7) is 16.0. The maximum absolute atomic E-state index is 12.5. The van der Waals surface area contributed by atoms with Crippen molar-refractivity contribution in [2.45, 2.75) is 84.6 Å². The Balaban J connectivity index is 0.000000237. The summed E-state index contributed by atoms with van der Waals surface area (Å²) >= 11 is 0. The van der Waals surface area contributed by atoms with Gasteiger partial charge in [-0.2, -0.15) is 4.98 Å². The first-order valence-electron chi connectivity index (χ1n) is 16.9. The quantitative estimate of drug-likeness (QED) is 0.0726. The highest BCUT2D eigenvalue weighted by atomic mass is 16.1. The number of nitrogens with zero attached hydrogens (tertiary/aromatic N) is 6. The van der Waals surface area contributed by atoms with Crippen LogP contribution in [0.2, 0.25) is 0 Å². The number of aryl methyl sites for hydroxylation is 1. The molecule has 8 N–H and O–H groups in total. The number of nitrogens with two attached hydrogens (primary N) is 3. The van der Waals surface area contributed by atoms with E-state index < -0.39 is 0 Å². The van der Waals surface area contributed by atoms with Crippen LogP contribution in [0.3, 0.4) is 0 Å². The average molecular weight is 668 g/mol. The van der Waals surface area contributed by atoms with E-state index in [1.54, 1.807) is 10.8 Å². The molecule has 49 heavy (non-hydrogen) atoms. The second-order valence-corrected chi connectivity index (χ2v) is 14.4. The molecule has 0 atom stereocenters. The number of H-pyrrole nitrogens is 1. The Hall–Kier alpha value is -4.81. The molecule has 0 saturated heterocycles. The van der Waals surface area contributed by atoms with Crippen LogP contribution in [0.5, 0.6) is 0 Å². The minimum atomic E-state index is -0.301. The van der Waals surface area contributed by atoms with E-state index >= 15 is 0 Å². The molecule has 3 heterocycles. The molecule has 0 aliphatic heterocycles. The smallest absolute Gasteiger partial charge is 0.354 e. The molecule has 0 aliphatic carbocycles. The molecule has 12 heteroatoms. The molecule has 0 fully saturated rings. The van der Waals surface area contributed by atoms with E-state index in [9.17, 15) is 4.79 Å². The van der Waals surface area contributed by atoms with Crippen LogP contribution in [0, 0.1) is 0 Å². The third-order valence-electron chi connectivity index (χ3n) is 8.12. The number of hydrogen-bond acceptors (Lipinski definition) is 7. The van der Waals surface area contributed by atoms with E-state index in [2.05, 4.69) is 96.4 Å². The largest absolute Gasteiger partial charge is 0.370 e. The lowest BCUT2D eigenvalue weighted by Gasteiger charge is -2.21. The second kappa shape index (κ2) is 16.5. The summed E-state index contributed by atoms with van der Waals surface area (Å²) in [7, 11) is 0. The Morgan fingerprint density at radius 1 is 0.918 bits per heavy atom. The van der Waals surface area contributed by atoms with Crippen molar-refractivity contribution in [3.8, 4) is 11.4 Å². The van der Waals surface area contributed by atoms with Gasteiger partial charge in [-0.15, -0.1) is 5.10 Å². The standard InChI is InChI=1S/C21H29N7O.C16H24N4/c1-21(2,3)17-11-15-13-28(20(29)27-18(15)26-17)16-7-5-14(6-8-16)12-24-9-4-10-25-19(22)23;1-16(2,3)14-10-13(6-4-5-7-17)11-15(12-14)20-9-8-18-19-20/h5-8,11,13,24H,4,9-10,12H2,1-3H3,(H4,22,23,25)(H,26,27,29);8-12H,4-7,17H2,1-3H3. The van der Waals surface area contributed by atoms with E-state index in [0.717, 1.165) is 73.3 Å². The van der Waals surface area contributed by atoms with Crippen LogP contribution >= 0.6 is 0 Å². The predicted octanol–water partition coefficient (Wildman–Crippen LogP) is 4.61. The van der Waals surface area contributed by atoms with Crippen LogP contribution in [0.4, 0.5) is 0 Å². The molecule has 5 rings (SSSR count). The molecule has 0 unspecified atom stereocenters. The Morgan fingerprint density at radius 2 is 1.67 bits per heavy atom. The number of nitrogens with one attached hydrogen (secondary N) is 2. The Labute approximate surface area is 289 Å². The van der Waals surface area contributed by atoms with Gasteiger partial charge < -0.3 is 27.5 Å². The first-order chi connectivity index (χ1) is 23.2.